The summed E-state index contributed by atoms with van der Waals surface area (Å²) in [5, 5.41) is 8.65. The highest BCUT2D eigenvalue weighted by molar-refractivity contribution is 6.45. The topological polar surface area (TPSA) is 96.9 Å². The van der Waals surface area contributed by atoms with Crippen LogP contribution in [0.2, 0.25) is 15.1 Å². The van der Waals surface area contributed by atoms with Crippen LogP contribution in [0.3, 0.4) is 0 Å². The number of fused-ring (bicyclic) bond motifs is 1. The van der Waals surface area contributed by atoms with Gasteiger partial charge in [-0.25, -0.2) is 10.2 Å². The first-order valence-electron chi connectivity index (χ1n) is 10.4. The van der Waals surface area contributed by atoms with Gasteiger partial charge in [0.25, 0.3) is 0 Å². The van der Waals surface area contributed by atoms with Crippen molar-refractivity contribution in [2.24, 2.45) is 5.10 Å². The van der Waals surface area contributed by atoms with Crippen LogP contribution in [-0.2, 0) is 9.59 Å². The van der Waals surface area contributed by atoms with Gasteiger partial charge in [-0.2, -0.15) is 5.10 Å². The summed E-state index contributed by atoms with van der Waals surface area (Å²) in [6, 6.07) is 21.6. The molecular formula is C26H16Cl3N3O4. The van der Waals surface area contributed by atoms with Crippen molar-refractivity contribution in [3.05, 3.63) is 105 Å². The van der Waals surface area contributed by atoms with E-state index >= 15 is 0 Å². The number of esters is 1. The standard InChI is InChI=1S/C26H16Cl3N3O4/c27-17-11-8-16(9-12-17)26(35)36-22-13-10-15-4-1-2-5-18(15)19(22)14-30-32-25(34)24(33)31-21-7-3-6-20(28)23(21)29/h1-14H,(H,31,33)(H,32,34)/b30-14+. The summed E-state index contributed by atoms with van der Waals surface area (Å²) in [4.78, 5) is 37.2. The first-order chi connectivity index (χ1) is 17.3. The maximum absolute atomic E-state index is 12.7. The predicted molar refractivity (Wildman–Crippen MR) is 141 cm³/mol. The smallest absolute Gasteiger partial charge is 0.343 e. The molecule has 0 fully saturated rings. The molecule has 0 spiro atoms. The highest BCUT2D eigenvalue weighted by Crippen LogP contribution is 2.30. The van der Waals surface area contributed by atoms with E-state index in [1.54, 1.807) is 48.5 Å². The number of carbonyl (C=O) groups excluding carboxylic acids is 3. The molecule has 0 atom stereocenters. The number of nitrogens with one attached hydrogen (secondary N) is 2. The van der Waals surface area contributed by atoms with Crippen molar-refractivity contribution in [3.63, 3.8) is 0 Å². The Bertz CT molecular complexity index is 1500. The van der Waals surface area contributed by atoms with Gasteiger partial charge in [0.1, 0.15) is 5.75 Å². The lowest BCUT2D eigenvalue weighted by Crippen LogP contribution is -2.32. The van der Waals surface area contributed by atoms with E-state index in [0.29, 0.717) is 21.5 Å². The number of rotatable bonds is 5. The van der Waals surface area contributed by atoms with Gasteiger partial charge in [0, 0.05) is 10.6 Å². The molecule has 0 bridgehead atoms. The molecule has 0 saturated carbocycles. The molecule has 4 aromatic rings. The molecule has 0 aliphatic heterocycles. The molecule has 0 unspecified atom stereocenters. The van der Waals surface area contributed by atoms with Crippen molar-refractivity contribution in [1.82, 2.24) is 5.43 Å². The number of halogens is 3. The van der Waals surface area contributed by atoms with Crippen LogP contribution in [0.25, 0.3) is 10.8 Å². The molecule has 4 rings (SSSR count). The van der Waals surface area contributed by atoms with Gasteiger partial charge in [-0.1, -0.05) is 71.2 Å². The number of nitrogens with zero attached hydrogens (tertiary/aromatic N) is 1. The molecule has 0 aromatic heterocycles. The molecule has 10 heteroatoms. The molecule has 0 radical (unpaired) electrons. The third kappa shape index (κ3) is 5.83. The second-order valence-electron chi connectivity index (χ2n) is 7.35. The highest BCUT2D eigenvalue weighted by atomic mass is 35.5. The zero-order valence-electron chi connectivity index (χ0n) is 18.3. The van der Waals surface area contributed by atoms with Gasteiger partial charge in [0.2, 0.25) is 0 Å². The van der Waals surface area contributed by atoms with Crippen LogP contribution in [0, 0.1) is 0 Å². The van der Waals surface area contributed by atoms with Gasteiger partial charge in [-0.3, -0.25) is 9.59 Å². The molecule has 180 valence electrons. The second kappa shape index (κ2) is 11.2. The molecular weight excluding hydrogens is 525 g/mol. The lowest BCUT2D eigenvalue weighted by Gasteiger charge is -2.11. The second-order valence-corrected chi connectivity index (χ2v) is 8.57. The van der Waals surface area contributed by atoms with E-state index < -0.39 is 17.8 Å². The Balaban J connectivity index is 1.54. The number of hydrogen-bond donors (Lipinski definition) is 2. The van der Waals surface area contributed by atoms with Crippen molar-refractivity contribution >= 4 is 75.3 Å². The summed E-state index contributed by atoms with van der Waals surface area (Å²) in [7, 11) is 0. The number of anilines is 1. The van der Waals surface area contributed by atoms with Crippen LogP contribution in [0.15, 0.2) is 84.0 Å². The van der Waals surface area contributed by atoms with Gasteiger partial charge in [0.15, 0.2) is 0 Å². The van der Waals surface area contributed by atoms with Crippen LogP contribution < -0.4 is 15.5 Å². The fraction of sp³-hybridized carbons (Fsp3) is 0. The first kappa shape index (κ1) is 25.2. The van der Waals surface area contributed by atoms with Crippen molar-refractivity contribution in [3.8, 4) is 5.75 Å². The summed E-state index contributed by atoms with van der Waals surface area (Å²) in [5.41, 5.74) is 3.07. The summed E-state index contributed by atoms with van der Waals surface area (Å²) < 4.78 is 5.60. The number of benzene rings is 4. The minimum absolute atomic E-state index is 0.103. The predicted octanol–water partition coefficient (Wildman–Crippen LogP) is 6.11. The Hall–Kier alpha value is -3.91. The average molecular weight is 541 g/mol. The van der Waals surface area contributed by atoms with Crippen molar-refractivity contribution in [2.75, 3.05) is 5.32 Å². The molecule has 2 amide bonds. The highest BCUT2D eigenvalue weighted by Gasteiger charge is 2.17. The minimum Gasteiger partial charge on any atom is -0.422 e. The van der Waals surface area contributed by atoms with E-state index in [2.05, 4.69) is 15.8 Å². The zero-order chi connectivity index (χ0) is 25.7. The quantitative estimate of drug-likeness (QED) is 0.105. The Kier molecular flexibility index (Phi) is 7.85. The van der Waals surface area contributed by atoms with Crippen LogP contribution in [0.1, 0.15) is 15.9 Å². The molecule has 7 nitrogen and oxygen atoms in total. The van der Waals surface area contributed by atoms with Crippen molar-refractivity contribution in [1.29, 1.82) is 0 Å². The summed E-state index contributed by atoms with van der Waals surface area (Å²) in [6.45, 7) is 0. The van der Waals surface area contributed by atoms with Crippen LogP contribution >= 0.6 is 34.8 Å². The summed E-state index contributed by atoms with van der Waals surface area (Å²) >= 11 is 17.8. The lowest BCUT2D eigenvalue weighted by molar-refractivity contribution is -0.136. The minimum atomic E-state index is -1.04. The molecule has 0 saturated heterocycles. The summed E-state index contributed by atoms with van der Waals surface area (Å²) in [6.07, 6.45) is 1.30. The molecule has 2 N–H and O–H groups in total. The monoisotopic (exact) mass is 539 g/mol. The maximum atomic E-state index is 12.7. The van der Waals surface area contributed by atoms with Gasteiger partial charge >= 0.3 is 17.8 Å². The lowest BCUT2D eigenvalue weighted by atomic mass is 10.0. The zero-order valence-corrected chi connectivity index (χ0v) is 20.6. The normalized spacial score (nSPS) is 10.9. The molecule has 0 aliphatic carbocycles. The van der Waals surface area contributed by atoms with E-state index in [1.165, 1.54) is 12.3 Å². The summed E-state index contributed by atoms with van der Waals surface area (Å²) in [5.74, 6) is -2.42. The fourth-order valence-electron chi connectivity index (χ4n) is 3.23. The van der Waals surface area contributed by atoms with Crippen molar-refractivity contribution in [2.45, 2.75) is 0 Å². The number of ether oxygens (including phenoxy) is 1. The largest absolute Gasteiger partial charge is 0.422 e. The third-order valence-electron chi connectivity index (χ3n) is 4.98. The van der Waals surface area contributed by atoms with Crippen molar-refractivity contribution < 1.29 is 19.1 Å². The molecule has 4 aromatic carbocycles. The number of hydrogen-bond acceptors (Lipinski definition) is 5. The Morgan fingerprint density at radius 2 is 1.56 bits per heavy atom. The van der Waals surface area contributed by atoms with Crippen LogP contribution in [-0.4, -0.2) is 24.0 Å². The van der Waals surface area contributed by atoms with Crippen LogP contribution in [0.4, 0.5) is 5.69 Å². The first-order valence-corrected chi connectivity index (χ1v) is 11.5. The van der Waals surface area contributed by atoms with Crippen LogP contribution in [0.5, 0.6) is 5.75 Å². The molecule has 36 heavy (non-hydrogen) atoms. The number of hydrazone groups is 1. The number of carbonyl (C=O) groups is 3. The van der Waals surface area contributed by atoms with E-state index in [4.69, 9.17) is 39.5 Å². The van der Waals surface area contributed by atoms with Gasteiger partial charge in [-0.15, -0.1) is 0 Å². The van der Waals surface area contributed by atoms with E-state index in [1.807, 2.05) is 24.3 Å². The maximum Gasteiger partial charge on any atom is 0.343 e. The molecule has 0 heterocycles. The van der Waals surface area contributed by atoms with Gasteiger partial charge in [0.05, 0.1) is 27.5 Å². The van der Waals surface area contributed by atoms with E-state index in [-0.39, 0.29) is 21.5 Å². The van der Waals surface area contributed by atoms with E-state index in [0.717, 1.165) is 5.39 Å². The average Bonchev–Trinajstić information content (AvgIpc) is 2.88. The SMILES string of the molecule is O=C(N/N=C/c1c(OC(=O)c2ccc(Cl)cc2)ccc2ccccc12)C(=O)Nc1cccc(Cl)c1Cl. The Morgan fingerprint density at radius 3 is 2.33 bits per heavy atom. The number of amides is 2. The molecule has 0 aliphatic rings. The van der Waals surface area contributed by atoms with Gasteiger partial charge < -0.3 is 10.1 Å². The van der Waals surface area contributed by atoms with Gasteiger partial charge in [-0.05, 0) is 53.2 Å². The third-order valence-corrected chi connectivity index (χ3v) is 6.05. The Labute approximate surface area is 220 Å². The fourth-order valence-corrected chi connectivity index (χ4v) is 3.70. The van der Waals surface area contributed by atoms with E-state index in [9.17, 15) is 14.4 Å². The Morgan fingerprint density at radius 1 is 0.806 bits per heavy atom.